The van der Waals surface area contributed by atoms with E-state index in [1.165, 1.54) is 0 Å². The lowest BCUT2D eigenvalue weighted by molar-refractivity contribution is -0.136. The van der Waals surface area contributed by atoms with Gasteiger partial charge in [-0.15, -0.1) is 0 Å². The van der Waals surface area contributed by atoms with Gasteiger partial charge >= 0.3 is 0 Å². The van der Waals surface area contributed by atoms with E-state index in [1.54, 1.807) is 25.7 Å². The van der Waals surface area contributed by atoms with E-state index in [2.05, 4.69) is 14.9 Å². The maximum absolute atomic E-state index is 13.0. The molecule has 0 N–H and O–H groups in total. The van der Waals surface area contributed by atoms with Crippen molar-refractivity contribution in [2.75, 3.05) is 31.6 Å². The second-order valence-electron chi connectivity index (χ2n) is 6.53. The van der Waals surface area contributed by atoms with Crippen LogP contribution < -0.4 is 9.64 Å². The first-order valence-corrected chi connectivity index (χ1v) is 9.14. The molecule has 1 aromatic heterocycles. The third kappa shape index (κ3) is 4.31. The number of anilines is 1. The molecule has 1 aliphatic heterocycles. The van der Waals surface area contributed by atoms with Crippen molar-refractivity contribution in [1.29, 1.82) is 0 Å². The predicted molar refractivity (Wildman–Crippen MR) is 101 cm³/mol. The highest BCUT2D eigenvalue weighted by Gasteiger charge is 2.28. The van der Waals surface area contributed by atoms with Crippen molar-refractivity contribution in [2.24, 2.45) is 5.92 Å². The Hall–Kier alpha value is -2.63. The molecule has 1 aliphatic rings. The van der Waals surface area contributed by atoms with E-state index in [9.17, 15) is 4.79 Å². The highest BCUT2D eigenvalue weighted by molar-refractivity contribution is 5.79. The summed E-state index contributed by atoms with van der Waals surface area (Å²) in [6.07, 6.45) is 6.88. The summed E-state index contributed by atoms with van der Waals surface area (Å²) in [4.78, 5) is 25.6. The number of hydrogen-bond donors (Lipinski definition) is 0. The lowest BCUT2D eigenvalue weighted by atomic mass is 9.95. The molecule has 0 bridgehead atoms. The van der Waals surface area contributed by atoms with E-state index in [0.29, 0.717) is 6.54 Å². The number of carbonyl (C=O) groups is 1. The number of ether oxygens (including phenoxy) is 1. The Balaban J connectivity index is 1.57. The zero-order valence-corrected chi connectivity index (χ0v) is 15.5. The Morgan fingerprint density at radius 1 is 1.23 bits per heavy atom. The van der Waals surface area contributed by atoms with Crippen LogP contribution in [0.25, 0.3) is 0 Å². The number of piperidine rings is 1. The summed E-state index contributed by atoms with van der Waals surface area (Å²) in [7, 11) is 1.66. The summed E-state index contributed by atoms with van der Waals surface area (Å²) in [6, 6.07) is 7.91. The first-order chi connectivity index (χ1) is 12.7. The highest BCUT2D eigenvalue weighted by atomic mass is 16.5. The second kappa shape index (κ2) is 8.65. The molecule has 1 amide bonds. The van der Waals surface area contributed by atoms with Crippen molar-refractivity contribution >= 4 is 11.7 Å². The van der Waals surface area contributed by atoms with Gasteiger partial charge in [-0.05, 0) is 37.5 Å². The van der Waals surface area contributed by atoms with Crippen LogP contribution in [0.2, 0.25) is 0 Å². The van der Waals surface area contributed by atoms with Crippen molar-refractivity contribution in [3.8, 4) is 5.75 Å². The fourth-order valence-corrected chi connectivity index (χ4v) is 3.37. The van der Waals surface area contributed by atoms with Crippen molar-refractivity contribution in [3.63, 3.8) is 0 Å². The van der Waals surface area contributed by atoms with E-state index in [-0.39, 0.29) is 11.8 Å². The molecule has 0 radical (unpaired) electrons. The van der Waals surface area contributed by atoms with Gasteiger partial charge in [-0.25, -0.2) is 4.98 Å². The first kappa shape index (κ1) is 18.2. The van der Waals surface area contributed by atoms with Gasteiger partial charge in [-0.3, -0.25) is 9.78 Å². The van der Waals surface area contributed by atoms with E-state index < -0.39 is 0 Å². The molecule has 0 saturated carbocycles. The zero-order valence-electron chi connectivity index (χ0n) is 15.5. The Kier molecular flexibility index (Phi) is 6.04. The van der Waals surface area contributed by atoms with Gasteiger partial charge in [0.05, 0.1) is 13.3 Å². The van der Waals surface area contributed by atoms with Gasteiger partial charge in [0.15, 0.2) is 0 Å². The molecule has 6 heteroatoms. The summed E-state index contributed by atoms with van der Waals surface area (Å²) >= 11 is 0. The molecule has 6 nitrogen and oxygen atoms in total. The normalized spacial score (nSPS) is 14.9. The number of aromatic nitrogens is 2. The molecule has 2 aromatic rings. The van der Waals surface area contributed by atoms with Crippen LogP contribution in [0.3, 0.4) is 0 Å². The lowest BCUT2D eigenvalue weighted by Crippen LogP contribution is -2.42. The molecular formula is C20H26N4O2. The monoisotopic (exact) mass is 354 g/mol. The fourth-order valence-electron chi connectivity index (χ4n) is 3.37. The number of rotatable bonds is 6. The van der Waals surface area contributed by atoms with Crippen molar-refractivity contribution in [3.05, 3.63) is 48.4 Å². The minimum atomic E-state index is 0.0844. The lowest BCUT2D eigenvalue weighted by Gasteiger charge is -2.34. The molecule has 0 unspecified atom stereocenters. The van der Waals surface area contributed by atoms with Gasteiger partial charge in [0.25, 0.3) is 0 Å². The number of amides is 1. The fraction of sp³-hybridized carbons (Fsp3) is 0.450. The van der Waals surface area contributed by atoms with E-state index in [1.807, 2.05) is 36.1 Å². The largest absolute Gasteiger partial charge is 0.497 e. The van der Waals surface area contributed by atoms with Crippen molar-refractivity contribution < 1.29 is 9.53 Å². The molecule has 26 heavy (non-hydrogen) atoms. The van der Waals surface area contributed by atoms with E-state index >= 15 is 0 Å². The average molecular weight is 354 g/mol. The van der Waals surface area contributed by atoms with Crippen LogP contribution in [0.5, 0.6) is 5.75 Å². The molecule has 0 spiro atoms. The van der Waals surface area contributed by atoms with Crippen molar-refractivity contribution in [2.45, 2.75) is 26.3 Å². The molecule has 2 heterocycles. The topological polar surface area (TPSA) is 58.6 Å². The van der Waals surface area contributed by atoms with Gasteiger partial charge in [0, 0.05) is 44.5 Å². The van der Waals surface area contributed by atoms with Crippen LogP contribution in [-0.4, -0.2) is 47.5 Å². The van der Waals surface area contributed by atoms with Gasteiger partial charge in [0.1, 0.15) is 11.6 Å². The maximum atomic E-state index is 13.0. The minimum Gasteiger partial charge on any atom is -0.497 e. The maximum Gasteiger partial charge on any atom is 0.226 e. The molecule has 1 aromatic carbocycles. The summed E-state index contributed by atoms with van der Waals surface area (Å²) in [5, 5.41) is 0. The number of benzene rings is 1. The third-order valence-electron chi connectivity index (χ3n) is 4.94. The molecule has 1 fully saturated rings. The van der Waals surface area contributed by atoms with Crippen LogP contribution in [0.4, 0.5) is 5.82 Å². The van der Waals surface area contributed by atoms with Gasteiger partial charge in [0.2, 0.25) is 5.91 Å². The van der Waals surface area contributed by atoms with E-state index in [4.69, 9.17) is 4.74 Å². The van der Waals surface area contributed by atoms with Crippen molar-refractivity contribution in [1.82, 2.24) is 14.9 Å². The predicted octanol–water partition coefficient (Wildman–Crippen LogP) is 2.75. The minimum absolute atomic E-state index is 0.0844. The second-order valence-corrected chi connectivity index (χ2v) is 6.53. The Morgan fingerprint density at radius 3 is 2.54 bits per heavy atom. The Labute approximate surface area is 154 Å². The highest BCUT2D eigenvalue weighted by Crippen LogP contribution is 2.24. The summed E-state index contributed by atoms with van der Waals surface area (Å²) in [5.74, 6) is 2.06. The smallest absolute Gasteiger partial charge is 0.226 e. The summed E-state index contributed by atoms with van der Waals surface area (Å²) in [6.45, 7) is 5.08. The molecule has 138 valence electrons. The number of nitrogens with zero attached hydrogens (tertiary/aromatic N) is 4. The third-order valence-corrected chi connectivity index (χ3v) is 4.94. The molecule has 0 aliphatic carbocycles. The summed E-state index contributed by atoms with van der Waals surface area (Å²) < 4.78 is 5.19. The van der Waals surface area contributed by atoms with E-state index in [0.717, 1.165) is 49.6 Å². The first-order valence-electron chi connectivity index (χ1n) is 9.14. The molecule has 3 rings (SSSR count). The average Bonchev–Trinajstić information content (AvgIpc) is 2.72. The SMILES string of the molecule is CCN(Cc1ccc(OC)cc1)C(=O)C1CCN(c2cnccn2)CC1. The van der Waals surface area contributed by atoms with Gasteiger partial charge in [-0.2, -0.15) is 0 Å². The molecule has 0 atom stereocenters. The van der Waals surface area contributed by atoms with Gasteiger partial charge < -0.3 is 14.5 Å². The van der Waals surface area contributed by atoms with Crippen LogP contribution in [0.1, 0.15) is 25.3 Å². The van der Waals surface area contributed by atoms with Crippen LogP contribution in [-0.2, 0) is 11.3 Å². The molecular weight excluding hydrogens is 328 g/mol. The number of carbonyl (C=O) groups excluding carboxylic acids is 1. The van der Waals surface area contributed by atoms with Crippen LogP contribution in [0, 0.1) is 5.92 Å². The van der Waals surface area contributed by atoms with Crippen LogP contribution in [0.15, 0.2) is 42.9 Å². The summed E-state index contributed by atoms with van der Waals surface area (Å²) in [5.41, 5.74) is 1.12. The number of methoxy groups -OCH3 is 1. The number of hydrogen-bond acceptors (Lipinski definition) is 5. The standard InChI is InChI=1S/C20H26N4O2/c1-3-23(15-16-4-6-18(26-2)7-5-16)20(25)17-8-12-24(13-9-17)19-14-21-10-11-22-19/h4-7,10-11,14,17H,3,8-9,12-13,15H2,1-2H3. The molecule has 1 saturated heterocycles. The van der Waals surface area contributed by atoms with Gasteiger partial charge in [-0.1, -0.05) is 12.1 Å². The quantitative estimate of drug-likeness (QED) is 0.798. The zero-order chi connectivity index (χ0) is 18.4. The van der Waals surface area contributed by atoms with Crippen LogP contribution >= 0.6 is 0 Å². The Morgan fingerprint density at radius 2 is 1.96 bits per heavy atom. The Bertz CT molecular complexity index is 698.